The van der Waals surface area contributed by atoms with Crippen LogP contribution in [0.3, 0.4) is 0 Å². The van der Waals surface area contributed by atoms with Crippen molar-refractivity contribution < 1.29 is 26.8 Å². The molecule has 9 nitrogen and oxygen atoms in total. The van der Waals surface area contributed by atoms with Gasteiger partial charge in [0, 0.05) is 35.5 Å². The number of aryl methyl sites for hydroxylation is 1. The van der Waals surface area contributed by atoms with E-state index in [1.54, 1.807) is 6.33 Å². The summed E-state index contributed by atoms with van der Waals surface area (Å²) in [6.45, 7) is 4.89. The van der Waals surface area contributed by atoms with Gasteiger partial charge in [0.15, 0.2) is 27.3 Å². The molecule has 12 heteroatoms. The molecule has 3 aromatic rings. The van der Waals surface area contributed by atoms with Crippen LogP contribution in [-0.4, -0.2) is 59.9 Å². The summed E-state index contributed by atoms with van der Waals surface area (Å²) in [6.07, 6.45) is 6.12. The number of hydrogen-bond acceptors (Lipinski definition) is 8. The number of anilines is 1. The molecule has 2 spiro atoms. The van der Waals surface area contributed by atoms with Crippen molar-refractivity contribution in [2.75, 3.05) is 36.5 Å². The normalized spacial score (nSPS) is 24.4. The van der Waals surface area contributed by atoms with E-state index in [2.05, 4.69) is 15.5 Å². The predicted octanol–water partition coefficient (Wildman–Crippen LogP) is 3.98. The van der Waals surface area contributed by atoms with E-state index >= 15 is 0 Å². The maximum atomic E-state index is 14.4. The lowest BCUT2D eigenvalue weighted by Gasteiger charge is -2.50. The quantitative estimate of drug-likeness (QED) is 0.509. The van der Waals surface area contributed by atoms with Gasteiger partial charge in [-0.3, -0.25) is 0 Å². The predicted molar refractivity (Wildman–Crippen MR) is 145 cm³/mol. The van der Waals surface area contributed by atoms with Gasteiger partial charge in [-0.25, -0.2) is 22.2 Å². The van der Waals surface area contributed by atoms with Crippen molar-refractivity contribution in [3.63, 3.8) is 0 Å². The van der Waals surface area contributed by atoms with E-state index in [1.807, 2.05) is 53.8 Å². The molecule has 1 aromatic heterocycles. The Labute approximate surface area is 230 Å². The number of sulfone groups is 1. The number of amidine groups is 1. The molecule has 0 aliphatic carbocycles. The lowest BCUT2D eigenvalue weighted by atomic mass is 9.78. The molecule has 208 valence electrons. The smallest absolute Gasteiger partial charge is 0.256 e. The Morgan fingerprint density at radius 1 is 1.20 bits per heavy atom. The van der Waals surface area contributed by atoms with Gasteiger partial charge in [-0.15, -0.1) is 0 Å². The van der Waals surface area contributed by atoms with Crippen LogP contribution in [0.25, 0.3) is 11.8 Å². The average molecular weight is 568 g/mol. The fourth-order valence-corrected chi connectivity index (χ4v) is 8.57. The number of nitrogens with zero attached hydrogens (tertiary/aromatic N) is 4. The molecule has 0 radical (unpaired) electrons. The molecule has 0 bridgehead atoms. The van der Waals surface area contributed by atoms with E-state index in [9.17, 15) is 17.2 Å². The molecule has 4 aliphatic rings. The topological polar surface area (TPSA) is 98.0 Å². The summed E-state index contributed by atoms with van der Waals surface area (Å²) in [5, 5.41) is 7.55. The lowest BCUT2D eigenvalue weighted by Crippen LogP contribution is -2.63. The van der Waals surface area contributed by atoms with Crippen LogP contribution < -0.4 is 10.1 Å². The van der Waals surface area contributed by atoms with Crippen molar-refractivity contribution in [1.82, 2.24) is 14.5 Å². The van der Waals surface area contributed by atoms with E-state index in [0.717, 1.165) is 34.7 Å². The number of hydrogen-bond donors (Lipinski definition) is 1. The number of piperidine rings is 1. The summed E-state index contributed by atoms with van der Waals surface area (Å²) in [6, 6.07) is 8.09. The second kappa shape index (κ2) is 8.53. The third-order valence-electron chi connectivity index (χ3n) is 7.99. The molecule has 0 saturated carbocycles. The maximum absolute atomic E-state index is 14.4. The number of aromatic nitrogens is 2. The second-order valence-electron chi connectivity index (χ2n) is 11.0. The lowest BCUT2D eigenvalue weighted by molar-refractivity contribution is -0.0999. The van der Waals surface area contributed by atoms with Gasteiger partial charge in [-0.2, -0.15) is 0 Å². The summed E-state index contributed by atoms with van der Waals surface area (Å²) in [5.74, 6) is -0.625. The van der Waals surface area contributed by atoms with Gasteiger partial charge in [0.05, 0.1) is 42.4 Å². The Hall–Kier alpha value is -3.93. The Kier molecular flexibility index (Phi) is 5.35. The van der Waals surface area contributed by atoms with Crippen molar-refractivity contribution in [3.05, 3.63) is 76.9 Å². The zero-order valence-electron chi connectivity index (χ0n) is 21.9. The van der Waals surface area contributed by atoms with Crippen molar-refractivity contribution in [1.29, 1.82) is 0 Å². The first kappa shape index (κ1) is 25.1. The molecule has 2 saturated heterocycles. The maximum Gasteiger partial charge on any atom is 0.256 e. The van der Waals surface area contributed by atoms with E-state index in [4.69, 9.17) is 9.57 Å². The van der Waals surface area contributed by atoms with Crippen LogP contribution in [0.4, 0.5) is 14.5 Å². The van der Waals surface area contributed by atoms with Gasteiger partial charge in [-0.05, 0) is 55.7 Å². The standard InChI is InChI=1S/C28H27F2N5O4S/c1-3-38-25-7-18(4-5-24(25)34-11-17(2)32-16-34)6-19-10-27(14-40(36,37)15-27)13-35-26(19)33-39-28(35)12-31-23-9-22(30)21(29)8-20(23)28/h4-9,11,16,31H,3,10,12-15H2,1-2H3. The molecular formula is C28H27F2N5O4S. The Morgan fingerprint density at radius 2 is 2.00 bits per heavy atom. The first-order valence-corrected chi connectivity index (χ1v) is 14.9. The largest absolute Gasteiger partial charge is 0.492 e. The molecule has 2 fully saturated rings. The van der Waals surface area contributed by atoms with Crippen LogP contribution in [-0.2, 0) is 20.4 Å². The molecule has 5 heterocycles. The van der Waals surface area contributed by atoms with Crippen LogP contribution in [0.2, 0.25) is 0 Å². The minimum atomic E-state index is -3.16. The minimum absolute atomic E-state index is 0.0401. The van der Waals surface area contributed by atoms with Crippen LogP contribution in [0.1, 0.15) is 30.2 Å². The van der Waals surface area contributed by atoms with Crippen LogP contribution in [0.5, 0.6) is 5.75 Å². The van der Waals surface area contributed by atoms with E-state index in [1.165, 1.54) is 0 Å². The summed E-state index contributed by atoms with van der Waals surface area (Å²) in [7, 11) is -3.16. The Balaban J connectivity index is 1.30. The first-order valence-electron chi connectivity index (χ1n) is 13.1. The third-order valence-corrected chi connectivity index (χ3v) is 10.1. The highest BCUT2D eigenvalue weighted by Crippen LogP contribution is 2.52. The summed E-state index contributed by atoms with van der Waals surface area (Å²) < 4.78 is 61.0. The fourth-order valence-electron chi connectivity index (χ4n) is 6.40. The third kappa shape index (κ3) is 3.80. The molecule has 4 aliphatic heterocycles. The second-order valence-corrected chi connectivity index (χ2v) is 13.1. The van der Waals surface area contributed by atoms with E-state index < -0.39 is 32.6 Å². The SMILES string of the molecule is CCOc1cc(C=C2CC3(CN4C2=NOC42CNc4cc(F)c(F)cc42)CS(=O)(=O)C3)ccc1-n1cnc(C)c1. The Bertz CT molecular complexity index is 1720. The number of nitrogens with one attached hydrogen (secondary N) is 1. The number of oxime groups is 1. The van der Waals surface area contributed by atoms with Gasteiger partial charge >= 0.3 is 0 Å². The number of benzene rings is 2. The van der Waals surface area contributed by atoms with Crippen LogP contribution in [0.15, 0.2) is 53.6 Å². The molecule has 7 rings (SSSR count). The van der Waals surface area contributed by atoms with Crippen molar-refractivity contribution in [2.24, 2.45) is 10.6 Å². The van der Waals surface area contributed by atoms with Gasteiger partial charge < -0.3 is 24.4 Å². The van der Waals surface area contributed by atoms with E-state index in [0.29, 0.717) is 42.4 Å². The molecule has 40 heavy (non-hydrogen) atoms. The number of ether oxygens (including phenoxy) is 1. The van der Waals surface area contributed by atoms with Gasteiger partial charge in [-0.1, -0.05) is 11.2 Å². The zero-order chi connectivity index (χ0) is 27.9. The zero-order valence-corrected chi connectivity index (χ0v) is 22.8. The molecular weight excluding hydrogens is 540 g/mol. The van der Waals surface area contributed by atoms with Crippen molar-refractivity contribution >= 4 is 27.4 Å². The average Bonchev–Trinajstić information content (AvgIpc) is 3.57. The minimum Gasteiger partial charge on any atom is -0.492 e. The first-order chi connectivity index (χ1) is 19.1. The number of fused-ring (bicyclic) bond motifs is 4. The highest BCUT2D eigenvalue weighted by molar-refractivity contribution is 7.92. The highest BCUT2D eigenvalue weighted by atomic mass is 32.2. The van der Waals surface area contributed by atoms with Crippen molar-refractivity contribution in [3.8, 4) is 11.4 Å². The number of imidazole rings is 1. The fraction of sp³-hybridized carbons (Fsp3) is 0.357. The number of halogens is 2. The molecule has 1 atom stereocenters. The summed E-state index contributed by atoms with van der Waals surface area (Å²) in [4.78, 5) is 12.3. The monoisotopic (exact) mass is 567 g/mol. The van der Waals surface area contributed by atoms with Gasteiger partial charge in [0.1, 0.15) is 5.75 Å². The van der Waals surface area contributed by atoms with Gasteiger partial charge in [0.25, 0.3) is 5.72 Å². The van der Waals surface area contributed by atoms with E-state index in [-0.39, 0.29) is 18.1 Å². The summed E-state index contributed by atoms with van der Waals surface area (Å²) in [5.41, 5.74) is 2.50. The molecule has 1 unspecified atom stereocenters. The highest BCUT2D eigenvalue weighted by Gasteiger charge is 2.61. The number of rotatable bonds is 4. The Morgan fingerprint density at radius 3 is 2.73 bits per heavy atom. The molecule has 1 N–H and O–H groups in total. The van der Waals surface area contributed by atoms with Crippen LogP contribution in [0, 0.1) is 24.0 Å². The molecule has 0 amide bonds. The summed E-state index contributed by atoms with van der Waals surface area (Å²) >= 11 is 0. The van der Waals surface area contributed by atoms with Crippen LogP contribution >= 0.6 is 0 Å². The molecule has 2 aromatic carbocycles. The van der Waals surface area contributed by atoms with Gasteiger partial charge in [0.2, 0.25) is 0 Å². The van der Waals surface area contributed by atoms with Crippen molar-refractivity contribution in [2.45, 2.75) is 26.0 Å².